The molecule has 1 saturated heterocycles. The van der Waals surface area contributed by atoms with E-state index in [-0.39, 0.29) is 17.7 Å². The van der Waals surface area contributed by atoms with Gasteiger partial charge < -0.3 is 5.73 Å². The van der Waals surface area contributed by atoms with Gasteiger partial charge in [0.1, 0.15) is 0 Å². The van der Waals surface area contributed by atoms with Crippen molar-refractivity contribution in [2.24, 2.45) is 18.7 Å². The predicted molar refractivity (Wildman–Crippen MR) is 87.6 cm³/mol. The molecule has 6 nitrogen and oxygen atoms in total. The molecule has 1 amide bonds. The second-order valence-electron chi connectivity index (χ2n) is 6.39. The number of hydrogen-bond donors (Lipinski definition) is 1. The lowest BCUT2D eigenvalue weighted by molar-refractivity contribution is -0.121. The maximum absolute atomic E-state index is 11.9. The Bertz CT molecular complexity index is 724. The molecule has 6 heteroatoms. The fourth-order valence-electron chi connectivity index (χ4n) is 3.39. The standard InChI is InChI=1S/C17H23N5O/c1-11-5-4-6-19-16(11)10-22-8-14(15(9-22)17(18)23)13-7-20-21(3)12(13)2/h4-7,14-15H,8-10H2,1-3H3,(H2,18,23)/t14-,15+/m1/s1. The van der Waals surface area contributed by atoms with Crippen molar-refractivity contribution >= 4 is 5.91 Å². The molecule has 1 aliphatic rings. The first kappa shape index (κ1) is 15.7. The Labute approximate surface area is 136 Å². The second kappa shape index (κ2) is 6.12. The van der Waals surface area contributed by atoms with E-state index in [1.807, 2.05) is 37.1 Å². The molecule has 1 aliphatic heterocycles. The number of primary amides is 1. The summed E-state index contributed by atoms with van der Waals surface area (Å²) < 4.78 is 1.85. The summed E-state index contributed by atoms with van der Waals surface area (Å²) in [6.07, 6.45) is 3.68. The summed E-state index contributed by atoms with van der Waals surface area (Å²) in [6.45, 7) is 6.31. The molecule has 0 aromatic carbocycles. The van der Waals surface area contributed by atoms with Gasteiger partial charge in [0.25, 0.3) is 0 Å². The van der Waals surface area contributed by atoms with Crippen LogP contribution in [-0.2, 0) is 18.4 Å². The zero-order valence-corrected chi connectivity index (χ0v) is 13.9. The first-order valence-corrected chi connectivity index (χ1v) is 7.88. The van der Waals surface area contributed by atoms with Crippen molar-refractivity contribution < 1.29 is 4.79 Å². The summed E-state index contributed by atoms with van der Waals surface area (Å²) in [5, 5.41) is 4.31. The van der Waals surface area contributed by atoms with Gasteiger partial charge in [-0.25, -0.2) is 0 Å². The fourth-order valence-corrected chi connectivity index (χ4v) is 3.39. The highest BCUT2D eigenvalue weighted by Crippen LogP contribution is 2.34. The number of carbonyl (C=O) groups is 1. The van der Waals surface area contributed by atoms with Crippen LogP contribution in [0.15, 0.2) is 24.5 Å². The molecule has 0 radical (unpaired) electrons. The summed E-state index contributed by atoms with van der Waals surface area (Å²) in [5.41, 5.74) is 10.1. The van der Waals surface area contributed by atoms with Crippen molar-refractivity contribution in [3.8, 4) is 0 Å². The highest BCUT2D eigenvalue weighted by molar-refractivity contribution is 5.78. The van der Waals surface area contributed by atoms with Crippen molar-refractivity contribution in [1.29, 1.82) is 0 Å². The fraction of sp³-hybridized carbons (Fsp3) is 0.471. The SMILES string of the molecule is Cc1cccnc1CN1C[C@H](C(N)=O)[C@@H](c2cnn(C)c2C)C1. The average molecular weight is 313 g/mol. The number of hydrogen-bond acceptors (Lipinski definition) is 4. The van der Waals surface area contributed by atoms with Crippen molar-refractivity contribution in [2.75, 3.05) is 13.1 Å². The highest BCUT2D eigenvalue weighted by Gasteiger charge is 2.38. The van der Waals surface area contributed by atoms with Gasteiger partial charge in [-0.1, -0.05) is 6.07 Å². The number of aryl methyl sites for hydroxylation is 2. The Morgan fingerprint density at radius 1 is 1.39 bits per heavy atom. The zero-order chi connectivity index (χ0) is 16.6. The van der Waals surface area contributed by atoms with Crippen molar-refractivity contribution in [3.63, 3.8) is 0 Å². The summed E-state index contributed by atoms with van der Waals surface area (Å²) in [6, 6.07) is 4.00. The van der Waals surface area contributed by atoms with Crippen LogP contribution in [0.2, 0.25) is 0 Å². The van der Waals surface area contributed by atoms with Crippen LogP contribution in [0, 0.1) is 19.8 Å². The van der Waals surface area contributed by atoms with E-state index in [1.54, 1.807) is 0 Å². The summed E-state index contributed by atoms with van der Waals surface area (Å²) >= 11 is 0. The molecule has 3 heterocycles. The van der Waals surface area contributed by atoms with Gasteiger partial charge in [0, 0.05) is 44.5 Å². The molecule has 2 aromatic rings. The van der Waals surface area contributed by atoms with Crippen LogP contribution in [0.25, 0.3) is 0 Å². The van der Waals surface area contributed by atoms with Gasteiger partial charge in [0.05, 0.1) is 17.8 Å². The number of likely N-dealkylation sites (tertiary alicyclic amines) is 1. The van der Waals surface area contributed by atoms with Crippen molar-refractivity contribution in [2.45, 2.75) is 26.3 Å². The van der Waals surface area contributed by atoms with Crippen LogP contribution < -0.4 is 5.73 Å². The highest BCUT2D eigenvalue weighted by atomic mass is 16.1. The zero-order valence-electron chi connectivity index (χ0n) is 13.9. The smallest absolute Gasteiger partial charge is 0.222 e. The lowest BCUT2D eigenvalue weighted by atomic mass is 9.89. The van der Waals surface area contributed by atoms with E-state index in [0.717, 1.165) is 30.0 Å². The van der Waals surface area contributed by atoms with Crippen LogP contribution in [0.3, 0.4) is 0 Å². The molecule has 2 atom stereocenters. The molecule has 122 valence electrons. The molecule has 0 saturated carbocycles. The molecule has 2 aromatic heterocycles. The molecule has 0 aliphatic carbocycles. The molecule has 2 N–H and O–H groups in total. The Balaban J connectivity index is 1.83. The molecule has 23 heavy (non-hydrogen) atoms. The van der Waals surface area contributed by atoms with E-state index in [1.165, 1.54) is 5.56 Å². The van der Waals surface area contributed by atoms with Gasteiger partial charge in [-0.05, 0) is 31.0 Å². The Morgan fingerprint density at radius 3 is 2.78 bits per heavy atom. The van der Waals surface area contributed by atoms with Crippen molar-refractivity contribution in [1.82, 2.24) is 19.7 Å². The van der Waals surface area contributed by atoms with E-state index < -0.39 is 0 Å². The number of amides is 1. The predicted octanol–water partition coefficient (Wildman–Crippen LogP) is 1.13. The van der Waals surface area contributed by atoms with Gasteiger partial charge in [-0.2, -0.15) is 5.10 Å². The Morgan fingerprint density at radius 2 is 2.17 bits per heavy atom. The van der Waals surface area contributed by atoms with Gasteiger partial charge in [0.2, 0.25) is 5.91 Å². The van der Waals surface area contributed by atoms with Crippen LogP contribution in [-0.4, -0.2) is 38.7 Å². The van der Waals surface area contributed by atoms with E-state index in [9.17, 15) is 4.79 Å². The normalized spacial score (nSPS) is 21.7. The quantitative estimate of drug-likeness (QED) is 0.918. The van der Waals surface area contributed by atoms with E-state index in [0.29, 0.717) is 6.54 Å². The summed E-state index contributed by atoms with van der Waals surface area (Å²) in [5.74, 6) is -0.314. The number of rotatable bonds is 4. The Hall–Kier alpha value is -2.21. The minimum atomic E-state index is -0.238. The van der Waals surface area contributed by atoms with Gasteiger partial charge in [0.15, 0.2) is 0 Å². The van der Waals surface area contributed by atoms with Crippen LogP contribution in [0.4, 0.5) is 0 Å². The third-order valence-electron chi connectivity index (χ3n) is 4.92. The molecule has 0 spiro atoms. The third-order valence-corrected chi connectivity index (χ3v) is 4.92. The van der Waals surface area contributed by atoms with E-state index in [2.05, 4.69) is 28.0 Å². The van der Waals surface area contributed by atoms with Gasteiger partial charge >= 0.3 is 0 Å². The first-order valence-electron chi connectivity index (χ1n) is 7.88. The second-order valence-corrected chi connectivity index (χ2v) is 6.39. The average Bonchev–Trinajstić information content (AvgIpc) is 3.06. The molecule has 3 rings (SSSR count). The first-order chi connectivity index (χ1) is 11.0. The maximum atomic E-state index is 11.9. The van der Waals surface area contributed by atoms with Crippen LogP contribution >= 0.6 is 0 Å². The van der Waals surface area contributed by atoms with E-state index >= 15 is 0 Å². The van der Waals surface area contributed by atoms with Gasteiger partial charge in [-0.15, -0.1) is 0 Å². The van der Waals surface area contributed by atoms with Crippen LogP contribution in [0.1, 0.15) is 28.4 Å². The van der Waals surface area contributed by atoms with Crippen molar-refractivity contribution in [3.05, 3.63) is 47.0 Å². The lowest BCUT2D eigenvalue weighted by Gasteiger charge is -2.16. The largest absolute Gasteiger partial charge is 0.369 e. The molecule has 0 bridgehead atoms. The van der Waals surface area contributed by atoms with Crippen LogP contribution in [0.5, 0.6) is 0 Å². The number of carbonyl (C=O) groups excluding carboxylic acids is 1. The molecular formula is C17H23N5O. The monoisotopic (exact) mass is 313 g/mol. The Kier molecular flexibility index (Phi) is 4.17. The lowest BCUT2D eigenvalue weighted by Crippen LogP contribution is -2.29. The topological polar surface area (TPSA) is 77.0 Å². The third kappa shape index (κ3) is 2.99. The summed E-state index contributed by atoms with van der Waals surface area (Å²) in [7, 11) is 1.92. The number of nitrogens with two attached hydrogens (primary N) is 1. The molecule has 1 fully saturated rings. The summed E-state index contributed by atoms with van der Waals surface area (Å²) in [4.78, 5) is 18.6. The number of pyridine rings is 1. The molecular weight excluding hydrogens is 290 g/mol. The molecule has 0 unspecified atom stereocenters. The number of aromatic nitrogens is 3. The maximum Gasteiger partial charge on any atom is 0.222 e. The minimum absolute atomic E-state index is 0.102. The minimum Gasteiger partial charge on any atom is -0.369 e. The van der Waals surface area contributed by atoms with E-state index in [4.69, 9.17) is 5.73 Å². The number of nitrogens with zero attached hydrogens (tertiary/aromatic N) is 4. The van der Waals surface area contributed by atoms with Gasteiger partial charge in [-0.3, -0.25) is 19.4 Å².